The van der Waals surface area contributed by atoms with E-state index >= 15 is 0 Å². The molecule has 28 heavy (non-hydrogen) atoms. The average molecular weight is 386 g/mol. The molecule has 1 saturated carbocycles. The van der Waals surface area contributed by atoms with E-state index in [2.05, 4.69) is 4.98 Å². The lowest BCUT2D eigenvalue weighted by Crippen LogP contribution is -2.46. The summed E-state index contributed by atoms with van der Waals surface area (Å²) in [6, 6.07) is 5.48. The molecule has 4 rings (SSSR count). The fourth-order valence-electron chi connectivity index (χ4n) is 3.68. The largest absolute Gasteiger partial charge is 0.472 e. The number of nitrogens with zero attached hydrogens (tertiary/aromatic N) is 2. The molecule has 1 amide bonds. The lowest BCUT2D eigenvalue weighted by Gasteiger charge is -2.34. The number of hydrogen-bond donors (Lipinski definition) is 0. The van der Waals surface area contributed by atoms with Crippen molar-refractivity contribution in [3.63, 3.8) is 0 Å². The minimum atomic E-state index is -0.537. The van der Waals surface area contributed by atoms with Crippen molar-refractivity contribution in [1.82, 2.24) is 9.88 Å². The van der Waals surface area contributed by atoms with Gasteiger partial charge in [0, 0.05) is 12.7 Å². The summed E-state index contributed by atoms with van der Waals surface area (Å²) in [6.07, 6.45) is 4.93. The van der Waals surface area contributed by atoms with Crippen LogP contribution in [-0.2, 0) is 4.74 Å². The molecule has 2 aliphatic rings. The third kappa shape index (κ3) is 4.21. The Morgan fingerprint density at radius 1 is 1.25 bits per heavy atom. The summed E-state index contributed by atoms with van der Waals surface area (Å²) in [7, 11) is 0. The first-order valence-electron chi connectivity index (χ1n) is 10.0. The van der Waals surface area contributed by atoms with Crippen LogP contribution < -0.4 is 4.74 Å². The molecule has 1 aromatic heterocycles. The zero-order valence-corrected chi connectivity index (χ0v) is 16.7. The molecule has 0 radical (unpaired) electrons. The van der Waals surface area contributed by atoms with E-state index < -0.39 is 5.60 Å². The summed E-state index contributed by atoms with van der Waals surface area (Å²) in [6.45, 7) is 6.59. The predicted molar refractivity (Wildman–Crippen MR) is 105 cm³/mol. The Morgan fingerprint density at radius 3 is 2.75 bits per heavy atom. The van der Waals surface area contributed by atoms with Crippen molar-refractivity contribution in [1.29, 1.82) is 0 Å². The number of piperidine rings is 1. The number of likely N-dealkylation sites (tertiary alicyclic amines) is 1. The highest BCUT2D eigenvalue weighted by Crippen LogP contribution is 2.42. The molecule has 1 aliphatic heterocycles. The number of benzene rings is 1. The maximum atomic E-state index is 14.8. The molecular weight excluding hydrogens is 359 g/mol. The number of ether oxygens (including phenoxy) is 2. The van der Waals surface area contributed by atoms with Gasteiger partial charge in [0.2, 0.25) is 5.88 Å². The Hall–Kier alpha value is -2.37. The number of aromatic nitrogens is 1. The molecule has 0 spiro atoms. The van der Waals surface area contributed by atoms with Crippen LogP contribution in [0.1, 0.15) is 57.9 Å². The molecule has 2 fully saturated rings. The van der Waals surface area contributed by atoms with Crippen molar-refractivity contribution < 1.29 is 18.7 Å². The monoisotopic (exact) mass is 386 g/mol. The van der Waals surface area contributed by atoms with E-state index in [9.17, 15) is 9.18 Å². The van der Waals surface area contributed by atoms with E-state index in [1.165, 1.54) is 0 Å². The van der Waals surface area contributed by atoms with Crippen molar-refractivity contribution in [2.75, 3.05) is 13.1 Å². The first-order chi connectivity index (χ1) is 13.3. The molecule has 2 heterocycles. The molecule has 0 N–H and O–H groups in total. The first-order valence-corrected chi connectivity index (χ1v) is 10.0. The summed E-state index contributed by atoms with van der Waals surface area (Å²) < 4.78 is 26.4. The van der Waals surface area contributed by atoms with Gasteiger partial charge < -0.3 is 14.4 Å². The molecule has 150 valence electrons. The standard InChI is InChI=1S/C22H27FN2O3/c1-22(2,3)28-21(26)25-10-4-5-17(13-25)27-20-19-15(8-9-24-20)11-16(12-18(19)23)14-6-7-14/h8-9,11-12,14,17H,4-7,10,13H2,1-3H3. The zero-order valence-electron chi connectivity index (χ0n) is 16.7. The number of pyridine rings is 1. The molecule has 2 aromatic rings. The lowest BCUT2D eigenvalue weighted by atomic mass is 10.0. The fraction of sp³-hybridized carbons (Fsp3) is 0.545. The molecule has 0 bridgehead atoms. The van der Waals surface area contributed by atoms with E-state index in [-0.39, 0.29) is 18.0 Å². The second-order valence-electron chi connectivity index (χ2n) is 8.80. The minimum Gasteiger partial charge on any atom is -0.472 e. The van der Waals surface area contributed by atoms with Crippen LogP contribution in [-0.4, -0.2) is 40.8 Å². The lowest BCUT2D eigenvalue weighted by molar-refractivity contribution is 0.00740. The van der Waals surface area contributed by atoms with Crippen LogP contribution in [0.3, 0.4) is 0 Å². The Kier molecular flexibility index (Phi) is 4.89. The van der Waals surface area contributed by atoms with Gasteiger partial charge in [-0.05, 0) is 75.5 Å². The molecule has 5 nitrogen and oxygen atoms in total. The van der Waals surface area contributed by atoms with Gasteiger partial charge in [0.15, 0.2) is 0 Å². The Labute approximate surface area is 164 Å². The number of rotatable bonds is 3. The summed E-state index contributed by atoms with van der Waals surface area (Å²) in [5.41, 5.74) is 0.515. The number of hydrogen-bond acceptors (Lipinski definition) is 4. The van der Waals surface area contributed by atoms with E-state index in [4.69, 9.17) is 9.47 Å². The van der Waals surface area contributed by atoms with Crippen LogP contribution in [0.15, 0.2) is 24.4 Å². The van der Waals surface area contributed by atoms with Gasteiger partial charge in [0.25, 0.3) is 0 Å². The Bertz CT molecular complexity index is 889. The molecular formula is C22H27FN2O3. The number of halogens is 1. The maximum absolute atomic E-state index is 14.8. The van der Waals surface area contributed by atoms with Crippen molar-refractivity contribution in [3.8, 4) is 5.88 Å². The molecule has 6 heteroatoms. The normalized spacial score (nSPS) is 20.3. The summed E-state index contributed by atoms with van der Waals surface area (Å²) in [4.78, 5) is 18.3. The second kappa shape index (κ2) is 7.22. The van der Waals surface area contributed by atoms with Crippen molar-refractivity contribution in [2.45, 2.75) is 64.1 Å². The van der Waals surface area contributed by atoms with Crippen LogP contribution in [0.2, 0.25) is 0 Å². The minimum absolute atomic E-state index is 0.234. The van der Waals surface area contributed by atoms with E-state index in [0.29, 0.717) is 30.3 Å². The Morgan fingerprint density at radius 2 is 2.04 bits per heavy atom. The van der Waals surface area contributed by atoms with Gasteiger partial charge in [-0.3, -0.25) is 0 Å². The number of carbonyl (C=O) groups excluding carboxylic acids is 1. The van der Waals surface area contributed by atoms with E-state index in [1.54, 1.807) is 17.2 Å². The topological polar surface area (TPSA) is 51.7 Å². The summed E-state index contributed by atoms with van der Waals surface area (Å²) in [5.74, 6) is 0.493. The highest BCUT2D eigenvalue weighted by atomic mass is 19.1. The van der Waals surface area contributed by atoms with Crippen LogP contribution in [0.25, 0.3) is 10.8 Å². The van der Waals surface area contributed by atoms with Crippen LogP contribution in [0, 0.1) is 5.82 Å². The summed E-state index contributed by atoms with van der Waals surface area (Å²) in [5, 5.41) is 1.23. The highest BCUT2D eigenvalue weighted by Gasteiger charge is 2.30. The molecule has 1 unspecified atom stereocenters. The van der Waals surface area contributed by atoms with Gasteiger partial charge >= 0.3 is 6.09 Å². The fourth-order valence-corrected chi connectivity index (χ4v) is 3.68. The van der Waals surface area contributed by atoms with Gasteiger partial charge in [-0.1, -0.05) is 6.07 Å². The van der Waals surface area contributed by atoms with E-state index in [0.717, 1.165) is 36.6 Å². The number of amides is 1. The van der Waals surface area contributed by atoms with Crippen molar-refractivity contribution in [3.05, 3.63) is 35.8 Å². The second-order valence-corrected chi connectivity index (χ2v) is 8.80. The van der Waals surface area contributed by atoms with Gasteiger partial charge in [-0.15, -0.1) is 0 Å². The van der Waals surface area contributed by atoms with Gasteiger partial charge in [-0.25, -0.2) is 14.2 Å². The quantitative estimate of drug-likeness (QED) is 0.742. The average Bonchev–Trinajstić information content (AvgIpc) is 3.45. The van der Waals surface area contributed by atoms with Crippen LogP contribution in [0.5, 0.6) is 5.88 Å². The third-order valence-electron chi connectivity index (χ3n) is 5.16. The van der Waals surface area contributed by atoms with Crippen LogP contribution in [0.4, 0.5) is 9.18 Å². The molecule has 1 aromatic carbocycles. The van der Waals surface area contributed by atoms with Crippen molar-refractivity contribution in [2.24, 2.45) is 0 Å². The molecule has 1 saturated heterocycles. The molecule has 1 atom stereocenters. The zero-order chi connectivity index (χ0) is 19.9. The smallest absolute Gasteiger partial charge is 0.410 e. The third-order valence-corrected chi connectivity index (χ3v) is 5.16. The van der Waals surface area contributed by atoms with Crippen molar-refractivity contribution >= 4 is 16.9 Å². The first kappa shape index (κ1) is 19.0. The van der Waals surface area contributed by atoms with Crippen LogP contribution >= 0.6 is 0 Å². The highest BCUT2D eigenvalue weighted by molar-refractivity contribution is 5.88. The molecule has 1 aliphatic carbocycles. The Balaban J connectivity index is 1.52. The maximum Gasteiger partial charge on any atom is 0.410 e. The summed E-state index contributed by atoms with van der Waals surface area (Å²) >= 11 is 0. The van der Waals surface area contributed by atoms with Gasteiger partial charge in [0.05, 0.1) is 11.9 Å². The SMILES string of the molecule is CC(C)(C)OC(=O)N1CCCC(Oc2nccc3cc(C4CC4)cc(F)c23)C1. The number of carbonyl (C=O) groups is 1. The predicted octanol–water partition coefficient (Wildman–Crippen LogP) is 5.03. The number of fused-ring (bicyclic) bond motifs is 1. The van der Waals surface area contributed by atoms with Gasteiger partial charge in [-0.2, -0.15) is 0 Å². The van der Waals surface area contributed by atoms with E-state index in [1.807, 2.05) is 32.9 Å². The van der Waals surface area contributed by atoms with Gasteiger partial charge in [0.1, 0.15) is 17.5 Å².